The first-order chi connectivity index (χ1) is 7.75. The lowest BCUT2D eigenvalue weighted by Crippen LogP contribution is -2.17. The van der Waals surface area contributed by atoms with Crippen LogP contribution in [0.25, 0.3) is 0 Å². The third-order valence-corrected chi connectivity index (χ3v) is 2.86. The normalized spacial score (nSPS) is 10.9. The van der Waals surface area contributed by atoms with E-state index in [1.807, 2.05) is 13.1 Å². The summed E-state index contributed by atoms with van der Waals surface area (Å²) in [7, 11) is 1.86. The number of aryl methyl sites for hydroxylation is 1. The maximum absolute atomic E-state index is 5.28. The van der Waals surface area contributed by atoms with Crippen molar-refractivity contribution < 1.29 is 4.42 Å². The van der Waals surface area contributed by atoms with E-state index in [0.29, 0.717) is 6.54 Å². The predicted molar refractivity (Wildman–Crippen MR) is 62.8 cm³/mol. The summed E-state index contributed by atoms with van der Waals surface area (Å²) in [6.45, 7) is 1.54. The Morgan fingerprint density at radius 3 is 3.06 bits per heavy atom. The Morgan fingerprint density at radius 1 is 1.56 bits per heavy atom. The van der Waals surface area contributed by atoms with Crippen molar-refractivity contribution >= 4 is 15.9 Å². The van der Waals surface area contributed by atoms with E-state index in [2.05, 4.69) is 31.3 Å². The zero-order valence-electron chi connectivity index (χ0n) is 8.98. The smallest absolute Gasteiger partial charge is 0.151 e. The Kier molecular flexibility index (Phi) is 3.74. The van der Waals surface area contributed by atoms with E-state index in [9.17, 15) is 0 Å². The molecule has 0 fully saturated rings. The fraction of sp³-hybridized carbons (Fsp3) is 0.400. The lowest BCUT2D eigenvalue weighted by molar-refractivity contribution is 0.481. The van der Waals surface area contributed by atoms with Gasteiger partial charge in [0, 0.05) is 20.0 Å². The van der Waals surface area contributed by atoms with Crippen molar-refractivity contribution in [3.8, 4) is 0 Å². The molecule has 0 spiro atoms. The summed E-state index contributed by atoms with van der Waals surface area (Å²) in [6, 6.07) is 1.89. The summed E-state index contributed by atoms with van der Waals surface area (Å²) >= 11 is 3.40. The van der Waals surface area contributed by atoms with Crippen molar-refractivity contribution in [1.82, 2.24) is 20.1 Å². The summed E-state index contributed by atoms with van der Waals surface area (Å²) in [5.74, 6) is 1.77. The molecule has 0 saturated heterocycles. The van der Waals surface area contributed by atoms with Gasteiger partial charge >= 0.3 is 0 Å². The van der Waals surface area contributed by atoms with E-state index in [1.165, 1.54) is 0 Å². The second-order valence-electron chi connectivity index (χ2n) is 3.45. The molecule has 2 aromatic heterocycles. The fourth-order valence-electron chi connectivity index (χ4n) is 1.35. The number of furan rings is 1. The summed E-state index contributed by atoms with van der Waals surface area (Å²) in [6.07, 6.45) is 4.19. The highest BCUT2D eigenvalue weighted by molar-refractivity contribution is 9.10. The highest BCUT2D eigenvalue weighted by atomic mass is 79.9. The van der Waals surface area contributed by atoms with E-state index in [4.69, 9.17) is 4.42 Å². The Morgan fingerprint density at radius 2 is 2.44 bits per heavy atom. The number of rotatable bonds is 5. The van der Waals surface area contributed by atoms with Gasteiger partial charge < -0.3 is 9.73 Å². The Bertz CT molecular complexity index is 451. The van der Waals surface area contributed by atoms with Gasteiger partial charge in [-0.05, 0) is 22.0 Å². The monoisotopic (exact) mass is 284 g/mol. The molecular weight excluding hydrogens is 272 g/mol. The van der Waals surface area contributed by atoms with Gasteiger partial charge in [0.25, 0.3) is 0 Å². The van der Waals surface area contributed by atoms with Crippen molar-refractivity contribution in [3.05, 3.63) is 34.7 Å². The van der Waals surface area contributed by atoms with Gasteiger partial charge in [-0.25, -0.2) is 4.98 Å². The lowest BCUT2D eigenvalue weighted by atomic mass is 10.4. The largest absolute Gasteiger partial charge is 0.467 e. The zero-order valence-corrected chi connectivity index (χ0v) is 10.6. The first kappa shape index (κ1) is 11.3. The third-order valence-electron chi connectivity index (χ3n) is 2.15. The second-order valence-corrected chi connectivity index (χ2v) is 4.31. The van der Waals surface area contributed by atoms with Crippen molar-refractivity contribution in [2.45, 2.75) is 13.0 Å². The molecule has 86 valence electrons. The third kappa shape index (κ3) is 2.93. The summed E-state index contributed by atoms with van der Waals surface area (Å²) in [4.78, 5) is 4.15. The Labute approximate surface area is 102 Å². The highest BCUT2D eigenvalue weighted by Gasteiger charge is 2.03. The Balaban J connectivity index is 1.71. The SMILES string of the molecule is Cn1cnc(CCNCc2occc2Br)n1. The fourth-order valence-corrected chi connectivity index (χ4v) is 1.69. The van der Waals surface area contributed by atoms with Gasteiger partial charge in [0.05, 0.1) is 17.3 Å². The summed E-state index contributed by atoms with van der Waals surface area (Å²) < 4.78 is 7.98. The van der Waals surface area contributed by atoms with Crippen LogP contribution >= 0.6 is 15.9 Å². The van der Waals surface area contributed by atoms with Crippen LogP contribution in [0.15, 0.2) is 27.5 Å². The van der Waals surface area contributed by atoms with E-state index < -0.39 is 0 Å². The van der Waals surface area contributed by atoms with Crippen molar-refractivity contribution in [1.29, 1.82) is 0 Å². The molecule has 0 atom stereocenters. The number of halogens is 1. The van der Waals surface area contributed by atoms with E-state index >= 15 is 0 Å². The molecule has 0 saturated carbocycles. The van der Waals surface area contributed by atoms with E-state index in [-0.39, 0.29) is 0 Å². The molecule has 0 aliphatic heterocycles. The lowest BCUT2D eigenvalue weighted by Gasteiger charge is -2.00. The van der Waals surface area contributed by atoms with Crippen LogP contribution in [0.1, 0.15) is 11.6 Å². The van der Waals surface area contributed by atoms with Crippen molar-refractivity contribution in [2.24, 2.45) is 7.05 Å². The molecule has 1 N–H and O–H groups in total. The number of hydrogen-bond acceptors (Lipinski definition) is 4. The molecule has 0 unspecified atom stereocenters. The van der Waals surface area contributed by atoms with Crippen molar-refractivity contribution in [3.63, 3.8) is 0 Å². The topological polar surface area (TPSA) is 55.9 Å². The molecule has 2 rings (SSSR count). The molecule has 2 aromatic rings. The van der Waals surface area contributed by atoms with Crippen LogP contribution in [-0.4, -0.2) is 21.3 Å². The molecule has 16 heavy (non-hydrogen) atoms. The molecule has 0 radical (unpaired) electrons. The number of nitrogens with one attached hydrogen (secondary N) is 1. The average molecular weight is 285 g/mol. The molecule has 6 heteroatoms. The maximum Gasteiger partial charge on any atom is 0.151 e. The van der Waals surface area contributed by atoms with Gasteiger partial charge in [0.2, 0.25) is 0 Å². The van der Waals surface area contributed by atoms with Crippen molar-refractivity contribution in [2.75, 3.05) is 6.54 Å². The van der Waals surface area contributed by atoms with Gasteiger partial charge in [0.15, 0.2) is 5.82 Å². The number of hydrogen-bond donors (Lipinski definition) is 1. The van der Waals surface area contributed by atoms with Crippen LogP contribution in [0, 0.1) is 0 Å². The van der Waals surface area contributed by atoms with Crippen LogP contribution in [-0.2, 0) is 20.0 Å². The standard InChI is InChI=1S/C10H13BrN4O/c1-15-7-13-10(14-15)2-4-12-6-9-8(11)3-5-16-9/h3,5,7,12H,2,4,6H2,1H3. The molecule has 0 aliphatic rings. The average Bonchev–Trinajstić information content (AvgIpc) is 2.83. The van der Waals surface area contributed by atoms with Gasteiger partial charge in [-0.1, -0.05) is 0 Å². The maximum atomic E-state index is 5.28. The zero-order chi connectivity index (χ0) is 11.4. The molecular formula is C10H13BrN4O. The van der Waals surface area contributed by atoms with Crippen LogP contribution < -0.4 is 5.32 Å². The minimum absolute atomic E-state index is 0.709. The molecule has 0 aliphatic carbocycles. The molecule has 0 amide bonds. The number of aromatic nitrogens is 3. The second kappa shape index (κ2) is 5.27. The van der Waals surface area contributed by atoms with E-state index in [0.717, 1.165) is 29.0 Å². The molecule has 5 nitrogen and oxygen atoms in total. The Hall–Kier alpha value is -1.14. The molecule has 0 aromatic carbocycles. The first-order valence-corrected chi connectivity index (χ1v) is 5.82. The van der Waals surface area contributed by atoms with Crippen LogP contribution in [0.4, 0.5) is 0 Å². The summed E-state index contributed by atoms with van der Waals surface area (Å²) in [5.41, 5.74) is 0. The van der Waals surface area contributed by atoms with Gasteiger partial charge in [0.1, 0.15) is 12.1 Å². The molecule has 0 bridgehead atoms. The highest BCUT2D eigenvalue weighted by Crippen LogP contribution is 2.16. The van der Waals surface area contributed by atoms with Gasteiger partial charge in [-0.2, -0.15) is 5.10 Å². The first-order valence-electron chi connectivity index (χ1n) is 5.03. The van der Waals surface area contributed by atoms with Crippen LogP contribution in [0.2, 0.25) is 0 Å². The summed E-state index contributed by atoms with van der Waals surface area (Å²) in [5, 5.41) is 7.47. The molecule has 2 heterocycles. The quantitative estimate of drug-likeness (QED) is 0.846. The predicted octanol–water partition coefficient (Wildman–Crippen LogP) is 1.50. The van der Waals surface area contributed by atoms with Gasteiger partial charge in [-0.15, -0.1) is 0 Å². The van der Waals surface area contributed by atoms with E-state index in [1.54, 1.807) is 17.3 Å². The number of nitrogens with zero attached hydrogens (tertiary/aromatic N) is 3. The van der Waals surface area contributed by atoms with Gasteiger partial charge in [-0.3, -0.25) is 4.68 Å². The van der Waals surface area contributed by atoms with Crippen LogP contribution in [0.5, 0.6) is 0 Å². The minimum Gasteiger partial charge on any atom is -0.467 e. The minimum atomic E-state index is 0.709. The van der Waals surface area contributed by atoms with Crippen LogP contribution in [0.3, 0.4) is 0 Å².